The zero-order valence-electron chi connectivity index (χ0n) is 13.5. The predicted molar refractivity (Wildman–Crippen MR) is 96.3 cm³/mol. The zero-order valence-corrected chi connectivity index (χ0v) is 14.3. The number of halogens is 2. The van der Waals surface area contributed by atoms with E-state index in [1.807, 2.05) is 43.3 Å². The van der Waals surface area contributed by atoms with Gasteiger partial charge in [0.25, 0.3) is 0 Å². The van der Waals surface area contributed by atoms with Crippen molar-refractivity contribution in [2.24, 2.45) is 5.92 Å². The van der Waals surface area contributed by atoms with Crippen molar-refractivity contribution in [1.29, 1.82) is 0 Å². The molecule has 1 aliphatic rings. The van der Waals surface area contributed by atoms with Gasteiger partial charge in [0.05, 0.1) is 0 Å². The lowest BCUT2D eigenvalue weighted by Gasteiger charge is -2.08. The molecule has 2 aromatic carbocycles. The molecule has 0 aliphatic heterocycles. The Morgan fingerprint density at radius 2 is 1.54 bits per heavy atom. The van der Waals surface area contributed by atoms with Gasteiger partial charge in [-0.05, 0) is 55.9 Å². The van der Waals surface area contributed by atoms with Gasteiger partial charge in [0, 0.05) is 20.9 Å². The molecule has 24 heavy (non-hydrogen) atoms. The molecule has 0 nitrogen and oxygen atoms in total. The monoisotopic (exact) mass is 340 g/mol. The van der Waals surface area contributed by atoms with Gasteiger partial charge in [0.15, 0.2) is 11.6 Å². The minimum absolute atomic E-state index is 0.311. The molecule has 122 valence electrons. The van der Waals surface area contributed by atoms with Gasteiger partial charge in [-0.3, -0.25) is 0 Å². The average Bonchev–Trinajstić information content (AvgIpc) is 3.27. The van der Waals surface area contributed by atoms with Gasteiger partial charge in [0.1, 0.15) is 0 Å². The molecule has 0 bridgehead atoms. The molecule has 3 aromatic rings. The number of hydrogen-bond acceptors (Lipinski definition) is 1. The molecule has 0 spiro atoms. The fraction of sp³-hybridized carbons (Fsp3) is 0.238. The highest BCUT2D eigenvalue weighted by molar-refractivity contribution is 7.15. The number of aryl methyl sites for hydroxylation is 1. The third-order valence-corrected chi connectivity index (χ3v) is 5.70. The molecule has 0 N–H and O–H groups in total. The SMILES string of the molecule is Cc1ccc(-c2ccc(-c3ccc(CC4CC4)s3)c(F)c2F)cc1. The molecule has 3 heteroatoms. The molecular formula is C21H18F2S. The Morgan fingerprint density at radius 1 is 0.875 bits per heavy atom. The predicted octanol–water partition coefficient (Wildman–Crippen LogP) is 6.62. The van der Waals surface area contributed by atoms with Crippen molar-refractivity contribution in [2.75, 3.05) is 0 Å². The van der Waals surface area contributed by atoms with Crippen LogP contribution in [-0.2, 0) is 6.42 Å². The van der Waals surface area contributed by atoms with Gasteiger partial charge in [-0.1, -0.05) is 35.9 Å². The summed E-state index contributed by atoms with van der Waals surface area (Å²) in [5, 5.41) is 0. The third kappa shape index (κ3) is 3.01. The van der Waals surface area contributed by atoms with Gasteiger partial charge in [-0.25, -0.2) is 8.78 Å². The smallest absolute Gasteiger partial charge is 0.168 e. The fourth-order valence-corrected chi connectivity index (χ4v) is 4.08. The van der Waals surface area contributed by atoms with Gasteiger partial charge in [-0.15, -0.1) is 11.3 Å². The molecule has 1 aliphatic carbocycles. The maximum absolute atomic E-state index is 14.6. The zero-order chi connectivity index (χ0) is 16.7. The van der Waals surface area contributed by atoms with E-state index in [4.69, 9.17) is 0 Å². The molecule has 1 fully saturated rings. The molecule has 0 radical (unpaired) electrons. The minimum Gasteiger partial charge on any atom is -0.203 e. The van der Waals surface area contributed by atoms with Crippen molar-refractivity contribution in [2.45, 2.75) is 26.2 Å². The number of thiophene rings is 1. The standard InChI is InChI=1S/C21H18F2S/c1-13-2-6-15(7-3-13)17-9-10-18(21(23)20(17)22)19-11-8-16(24-19)12-14-4-5-14/h2-3,6-11,14H,4-5,12H2,1H3. The van der Waals surface area contributed by atoms with Gasteiger partial charge >= 0.3 is 0 Å². The maximum atomic E-state index is 14.6. The molecular weight excluding hydrogens is 322 g/mol. The van der Waals surface area contributed by atoms with Crippen LogP contribution in [0.4, 0.5) is 8.78 Å². The molecule has 0 amide bonds. The molecule has 4 rings (SSSR count). The van der Waals surface area contributed by atoms with Crippen molar-refractivity contribution < 1.29 is 8.78 Å². The van der Waals surface area contributed by atoms with Crippen LogP contribution in [0.3, 0.4) is 0 Å². The average molecular weight is 340 g/mol. The van der Waals surface area contributed by atoms with E-state index in [-0.39, 0.29) is 0 Å². The lowest BCUT2D eigenvalue weighted by molar-refractivity contribution is 0.514. The van der Waals surface area contributed by atoms with E-state index in [0.29, 0.717) is 16.7 Å². The summed E-state index contributed by atoms with van der Waals surface area (Å²) < 4.78 is 29.2. The van der Waals surface area contributed by atoms with Crippen LogP contribution in [0.15, 0.2) is 48.5 Å². The molecule has 0 unspecified atom stereocenters. The summed E-state index contributed by atoms with van der Waals surface area (Å²) in [5.41, 5.74) is 2.46. The first-order valence-corrected chi connectivity index (χ1v) is 9.07. The molecule has 1 saturated carbocycles. The summed E-state index contributed by atoms with van der Waals surface area (Å²) in [5.74, 6) is -0.733. The van der Waals surface area contributed by atoms with Crippen LogP contribution in [-0.4, -0.2) is 0 Å². The topological polar surface area (TPSA) is 0 Å². The largest absolute Gasteiger partial charge is 0.203 e. The van der Waals surface area contributed by atoms with Crippen molar-refractivity contribution in [3.05, 3.63) is 70.6 Å². The Morgan fingerprint density at radius 3 is 2.25 bits per heavy atom. The van der Waals surface area contributed by atoms with E-state index < -0.39 is 11.6 Å². The number of benzene rings is 2. The third-order valence-electron chi connectivity index (χ3n) is 4.56. The Hall–Kier alpha value is -2.00. The first-order valence-electron chi connectivity index (χ1n) is 8.26. The Bertz CT molecular complexity index is 873. The second kappa shape index (κ2) is 6.14. The first-order chi connectivity index (χ1) is 11.6. The van der Waals surface area contributed by atoms with Crippen LogP contribution in [0.25, 0.3) is 21.6 Å². The highest BCUT2D eigenvalue weighted by atomic mass is 32.1. The van der Waals surface area contributed by atoms with E-state index in [0.717, 1.165) is 22.8 Å². The summed E-state index contributed by atoms with van der Waals surface area (Å²) in [6.07, 6.45) is 3.65. The van der Waals surface area contributed by atoms with Crippen molar-refractivity contribution in [3.63, 3.8) is 0 Å². The summed E-state index contributed by atoms with van der Waals surface area (Å²) in [7, 11) is 0. The van der Waals surface area contributed by atoms with E-state index >= 15 is 0 Å². The maximum Gasteiger partial charge on any atom is 0.168 e. The second-order valence-electron chi connectivity index (χ2n) is 6.57. The highest BCUT2D eigenvalue weighted by Gasteiger charge is 2.23. The summed E-state index contributed by atoms with van der Waals surface area (Å²) in [6, 6.07) is 14.8. The lowest BCUT2D eigenvalue weighted by Crippen LogP contribution is -1.93. The van der Waals surface area contributed by atoms with E-state index in [1.165, 1.54) is 17.7 Å². The van der Waals surface area contributed by atoms with Crippen LogP contribution in [0.2, 0.25) is 0 Å². The first kappa shape index (κ1) is 15.5. The van der Waals surface area contributed by atoms with Crippen LogP contribution >= 0.6 is 11.3 Å². The van der Waals surface area contributed by atoms with E-state index in [2.05, 4.69) is 0 Å². The normalized spacial score (nSPS) is 14.1. The summed E-state index contributed by atoms with van der Waals surface area (Å²) in [6.45, 7) is 1.97. The van der Waals surface area contributed by atoms with Crippen molar-refractivity contribution >= 4 is 11.3 Å². The van der Waals surface area contributed by atoms with E-state index in [1.54, 1.807) is 23.5 Å². The Balaban J connectivity index is 1.68. The highest BCUT2D eigenvalue weighted by Crippen LogP contribution is 2.38. The number of hydrogen-bond donors (Lipinski definition) is 0. The molecule has 0 saturated heterocycles. The van der Waals surface area contributed by atoms with Crippen LogP contribution in [0.1, 0.15) is 23.3 Å². The summed E-state index contributed by atoms with van der Waals surface area (Å²) >= 11 is 1.57. The Labute approximate surface area is 144 Å². The van der Waals surface area contributed by atoms with Gasteiger partial charge < -0.3 is 0 Å². The van der Waals surface area contributed by atoms with Crippen LogP contribution in [0, 0.1) is 24.5 Å². The number of rotatable bonds is 4. The second-order valence-corrected chi connectivity index (χ2v) is 7.74. The minimum atomic E-state index is -0.770. The Kier molecular flexibility index (Phi) is 3.97. The van der Waals surface area contributed by atoms with Crippen LogP contribution in [0.5, 0.6) is 0 Å². The molecule has 1 aromatic heterocycles. The van der Waals surface area contributed by atoms with E-state index in [9.17, 15) is 8.78 Å². The fourth-order valence-electron chi connectivity index (χ4n) is 2.93. The molecule has 1 heterocycles. The van der Waals surface area contributed by atoms with Crippen molar-refractivity contribution in [3.8, 4) is 21.6 Å². The van der Waals surface area contributed by atoms with Gasteiger partial charge in [-0.2, -0.15) is 0 Å². The summed E-state index contributed by atoms with van der Waals surface area (Å²) in [4.78, 5) is 2.06. The quantitative estimate of drug-likeness (QED) is 0.500. The lowest BCUT2D eigenvalue weighted by atomic mass is 10.0. The molecule has 0 atom stereocenters. The van der Waals surface area contributed by atoms with Gasteiger partial charge in [0.2, 0.25) is 0 Å². The van der Waals surface area contributed by atoms with Crippen LogP contribution < -0.4 is 0 Å². The van der Waals surface area contributed by atoms with Crippen molar-refractivity contribution in [1.82, 2.24) is 0 Å².